The molecule has 1 unspecified atom stereocenters. The third-order valence-electron chi connectivity index (χ3n) is 2.93. The van der Waals surface area contributed by atoms with E-state index in [1.807, 2.05) is 49.1 Å². The Morgan fingerprint density at radius 3 is 1.82 bits per heavy atom. The fourth-order valence-electron chi connectivity index (χ4n) is 1.69. The molecule has 0 bridgehead atoms. The molecule has 0 radical (unpaired) electrons. The number of nitrogens with zero attached hydrogens (tertiary/aromatic N) is 1. The summed E-state index contributed by atoms with van der Waals surface area (Å²) in [6, 6.07) is 9.92. The first kappa shape index (κ1) is 14.0. The Balaban J connectivity index is 2.72. The topological polar surface area (TPSA) is 43.7 Å². The summed E-state index contributed by atoms with van der Waals surface area (Å²) in [7, 11) is 0. The molecule has 3 nitrogen and oxygen atoms in total. The van der Waals surface area contributed by atoms with Crippen molar-refractivity contribution in [3.63, 3.8) is 0 Å². The highest BCUT2D eigenvalue weighted by Gasteiger charge is 2.14. The summed E-state index contributed by atoms with van der Waals surface area (Å²) in [6.07, 6.45) is 0.760. The van der Waals surface area contributed by atoms with Gasteiger partial charge in [0.05, 0.1) is 12.2 Å². The molecular formula is C14H23NO2. The van der Waals surface area contributed by atoms with Crippen LogP contribution in [-0.2, 0) is 0 Å². The third kappa shape index (κ3) is 4.75. The first-order chi connectivity index (χ1) is 8.17. The van der Waals surface area contributed by atoms with Crippen LogP contribution in [0.5, 0.6) is 0 Å². The lowest BCUT2D eigenvalue weighted by atomic mass is 10.2. The van der Waals surface area contributed by atoms with Gasteiger partial charge in [-0.2, -0.15) is 0 Å². The Morgan fingerprint density at radius 2 is 1.41 bits per heavy atom. The molecule has 0 aliphatic heterocycles. The van der Waals surface area contributed by atoms with Crippen molar-refractivity contribution in [1.82, 2.24) is 0 Å². The number of para-hydroxylation sites is 1. The maximum Gasteiger partial charge on any atom is 0.0712 e. The Labute approximate surface area is 104 Å². The molecule has 1 aromatic rings. The molecule has 2 atom stereocenters. The van der Waals surface area contributed by atoms with E-state index in [0.29, 0.717) is 13.1 Å². The van der Waals surface area contributed by atoms with E-state index >= 15 is 0 Å². The van der Waals surface area contributed by atoms with Crippen molar-refractivity contribution in [3.05, 3.63) is 30.3 Å². The van der Waals surface area contributed by atoms with Crippen LogP contribution in [0.15, 0.2) is 30.3 Å². The minimum absolute atomic E-state index is 0.348. The van der Waals surface area contributed by atoms with Crippen molar-refractivity contribution in [2.75, 3.05) is 18.0 Å². The average Bonchev–Trinajstić information content (AvgIpc) is 2.38. The molecule has 0 saturated heterocycles. The van der Waals surface area contributed by atoms with Crippen molar-refractivity contribution in [3.8, 4) is 0 Å². The van der Waals surface area contributed by atoms with Gasteiger partial charge in [-0.3, -0.25) is 0 Å². The van der Waals surface area contributed by atoms with E-state index < -0.39 is 0 Å². The van der Waals surface area contributed by atoms with Gasteiger partial charge in [0.1, 0.15) is 0 Å². The van der Waals surface area contributed by atoms with E-state index in [2.05, 4.69) is 0 Å². The fraction of sp³-hybridized carbons (Fsp3) is 0.571. The van der Waals surface area contributed by atoms with E-state index in [-0.39, 0.29) is 12.2 Å². The number of hydrogen-bond donors (Lipinski definition) is 2. The summed E-state index contributed by atoms with van der Waals surface area (Å²) in [4.78, 5) is 2.04. The predicted molar refractivity (Wildman–Crippen MR) is 71.3 cm³/mol. The van der Waals surface area contributed by atoms with Gasteiger partial charge in [0.25, 0.3) is 0 Å². The summed E-state index contributed by atoms with van der Waals surface area (Å²) in [5.74, 6) is 0. The van der Waals surface area contributed by atoms with Gasteiger partial charge in [-0.05, 0) is 25.0 Å². The van der Waals surface area contributed by atoms with E-state index in [1.165, 1.54) is 0 Å². The normalized spacial score (nSPS) is 14.4. The molecule has 0 amide bonds. The van der Waals surface area contributed by atoms with Gasteiger partial charge in [-0.15, -0.1) is 0 Å². The van der Waals surface area contributed by atoms with Gasteiger partial charge in [0.2, 0.25) is 0 Å². The molecule has 1 rings (SSSR count). The fourth-order valence-corrected chi connectivity index (χ4v) is 1.69. The second-order valence-electron chi connectivity index (χ2n) is 4.36. The van der Waals surface area contributed by atoms with Gasteiger partial charge in [-0.1, -0.05) is 32.0 Å². The van der Waals surface area contributed by atoms with E-state index in [9.17, 15) is 10.2 Å². The number of aliphatic hydroxyl groups excluding tert-OH is 2. The molecule has 0 aliphatic rings. The van der Waals surface area contributed by atoms with Crippen LogP contribution in [0, 0.1) is 0 Å². The minimum Gasteiger partial charge on any atom is -0.391 e. The summed E-state index contributed by atoms with van der Waals surface area (Å²) in [6.45, 7) is 5.06. The van der Waals surface area contributed by atoms with Gasteiger partial charge in [0, 0.05) is 18.8 Å². The Morgan fingerprint density at radius 1 is 0.941 bits per heavy atom. The Bertz CT molecular complexity index is 290. The van der Waals surface area contributed by atoms with Gasteiger partial charge in [-0.25, -0.2) is 0 Å². The summed E-state index contributed by atoms with van der Waals surface area (Å²) < 4.78 is 0. The van der Waals surface area contributed by atoms with Crippen molar-refractivity contribution in [2.24, 2.45) is 0 Å². The van der Waals surface area contributed by atoms with E-state index in [1.54, 1.807) is 0 Å². The smallest absolute Gasteiger partial charge is 0.0712 e. The van der Waals surface area contributed by atoms with Crippen LogP contribution in [0.4, 0.5) is 5.69 Å². The lowest BCUT2D eigenvalue weighted by Crippen LogP contribution is -2.37. The maximum atomic E-state index is 9.75. The zero-order chi connectivity index (χ0) is 12.7. The van der Waals surface area contributed by atoms with E-state index in [0.717, 1.165) is 18.5 Å². The van der Waals surface area contributed by atoms with Crippen LogP contribution in [0.2, 0.25) is 0 Å². The van der Waals surface area contributed by atoms with Gasteiger partial charge >= 0.3 is 0 Å². The number of hydrogen-bond acceptors (Lipinski definition) is 3. The van der Waals surface area contributed by atoms with Gasteiger partial charge in [0.15, 0.2) is 0 Å². The van der Waals surface area contributed by atoms with Crippen molar-refractivity contribution >= 4 is 5.69 Å². The third-order valence-corrected chi connectivity index (χ3v) is 2.93. The molecule has 0 heterocycles. The summed E-state index contributed by atoms with van der Waals surface area (Å²) >= 11 is 0. The van der Waals surface area contributed by atoms with Crippen LogP contribution < -0.4 is 4.90 Å². The number of anilines is 1. The minimum atomic E-state index is -0.348. The lowest BCUT2D eigenvalue weighted by molar-refractivity contribution is 0.154. The van der Waals surface area contributed by atoms with Crippen LogP contribution in [0.1, 0.15) is 26.7 Å². The standard InChI is InChI=1S/C14H23NO2/c1-3-13(16)10-15(11-14(17)4-2)12-8-6-5-7-9-12/h5-9,13-14,16-17H,3-4,10-11H2,1-2H3/t13-,14?/m1/s1. The summed E-state index contributed by atoms with van der Waals surface area (Å²) in [5, 5.41) is 19.5. The zero-order valence-electron chi connectivity index (χ0n) is 10.7. The molecular weight excluding hydrogens is 214 g/mol. The molecule has 96 valence electrons. The second-order valence-corrected chi connectivity index (χ2v) is 4.36. The highest BCUT2D eigenvalue weighted by atomic mass is 16.3. The predicted octanol–water partition coefficient (Wildman–Crippen LogP) is 2.03. The van der Waals surface area contributed by atoms with Crippen LogP contribution in [0.25, 0.3) is 0 Å². The highest BCUT2D eigenvalue weighted by molar-refractivity contribution is 5.46. The molecule has 0 spiro atoms. The Hall–Kier alpha value is -1.06. The average molecular weight is 237 g/mol. The highest BCUT2D eigenvalue weighted by Crippen LogP contribution is 2.15. The number of aliphatic hydroxyl groups is 2. The van der Waals surface area contributed by atoms with Crippen LogP contribution in [0.3, 0.4) is 0 Å². The van der Waals surface area contributed by atoms with Gasteiger partial charge < -0.3 is 15.1 Å². The molecule has 3 heteroatoms. The van der Waals surface area contributed by atoms with E-state index in [4.69, 9.17) is 0 Å². The summed E-state index contributed by atoms with van der Waals surface area (Å²) in [5.41, 5.74) is 1.05. The maximum absolute atomic E-state index is 9.75. The first-order valence-corrected chi connectivity index (χ1v) is 6.33. The zero-order valence-corrected chi connectivity index (χ0v) is 10.7. The second kappa shape index (κ2) is 7.30. The molecule has 0 aliphatic carbocycles. The van der Waals surface area contributed by atoms with Crippen LogP contribution >= 0.6 is 0 Å². The molecule has 0 saturated carbocycles. The molecule has 17 heavy (non-hydrogen) atoms. The molecule has 2 N–H and O–H groups in total. The molecule has 0 fully saturated rings. The molecule has 0 aromatic heterocycles. The van der Waals surface area contributed by atoms with Crippen LogP contribution in [-0.4, -0.2) is 35.5 Å². The SMILES string of the molecule is CCC(O)CN(C[C@H](O)CC)c1ccccc1. The monoisotopic (exact) mass is 237 g/mol. The van der Waals surface area contributed by atoms with Crippen molar-refractivity contribution in [2.45, 2.75) is 38.9 Å². The first-order valence-electron chi connectivity index (χ1n) is 6.33. The number of benzene rings is 1. The quantitative estimate of drug-likeness (QED) is 0.762. The number of rotatable bonds is 7. The Kier molecular flexibility index (Phi) is 6.01. The largest absolute Gasteiger partial charge is 0.391 e. The van der Waals surface area contributed by atoms with Crippen molar-refractivity contribution in [1.29, 1.82) is 0 Å². The molecule has 1 aromatic carbocycles. The lowest BCUT2D eigenvalue weighted by Gasteiger charge is -2.28. The van der Waals surface area contributed by atoms with Crippen molar-refractivity contribution < 1.29 is 10.2 Å².